The Morgan fingerprint density at radius 2 is 1.80 bits per heavy atom. The van der Waals surface area contributed by atoms with Gasteiger partial charge in [0.15, 0.2) is 0 Å². The van der Waals surface area contributed by atoms with Crippen molar-refractivity contribution in [1.29, 1.82) is 0 Å². The molecule has 1 unspecified atom stereocenters. The van der Waals surface area contributed by atoms with Crippen molar-refractivity contribution in [1.82, 2.24) is 5.32 Å². The molecule has 1 heterocycles. The minimum atomic E-state index is -0.884. The highest BCUT2D eigenvalue weighted by atomic mass is 19.1. The van der Waals surface area contributed by atoms with Crippen LogP contribution >= 0.6 is 0 Å². The molecule has 1 aliphatic rings. The van der Waals surface area contributed by atoms with Gasteiger partial charge < -0.3 is 10.1 Å². The molecule has 0 aliphatic carbocycles. The number of halogens is 3. The molecule has 1 aromatic rings. The van der Waals surface area contributed by atoms with E-state index in [0.717, 1.165) is 25.0 Å². The lowest BCUT2D eigenvalue weighted by molar-refractivity contribution is 0.0603. The summed E-state index contributed by atoms with van der Waals surface area (Å²) in [6, 6.07) is 1.06. The molecule has 0 saturated carbocycles. The highest BCUT2D eigenvalue weighted by Crippen LogP contribution is 2.30. The third-order valence-corrected chi connectivity index (χ3v) is 3.75. The fraction of sp³-hybridized carbons (Fsp3) is 0.600. The van der Waals surface area contributed by atoms with Gasteiger partial charge in [-0.15, -0.1) is 0 Å². The second-order valence-electron chi connectivity index (χ2n) is 5.18. The molecule has 1 atom stereocenters. The Morgan fingerprint density at radius 3 is 2.35 bits per heavy atom. The third kappa shape index (κ3) is 3.73. The number of hydrogen-bond donors (Lipinski definition) is 1. The van der Waals surface area contributed by atoms with E-state index in [4.69, 9.17) is 4.74 Å². The zero-order valence-corrected chi connectivity index (χ0v) is 11.6. The Hall–Kier alpha value is -1.07. The van der Waals surface area contributed by atoms with Gasteiger partial charge in [-0.25, -0.2) is 13.2 Å². The first kappa shape index (κ1) is 15.3. The Kier molecular flexibility index (Phi) is 5.43. The average molecular weight is 287 g/mol. The van der Waals surface area contributed by atoms with Crippen LogP contribution < -0.4 is 5.32 Å². The van der Waals surface area contributed by atoms with Crippen LogP contribution in [0.1, 0.15) is 37.8 Å². The summed E-state index contributed by atoms with van der Waals surface area (Å²) in [5, 5.41) is 3.10. The van der Waals surface area contributed by atoms with Gasteiger partial charge in [-0.2, -0.15) is 0 Å². The highest BCUT2D eigenvalue weighted by molar-refractivity contribution is 5.24. The average Bonchev–Trinajstić information content (AvgIpc) is 2.39. The van der Waals surface area contributed by atoms with E-state index >= 15 is 0 Å². The smallest absolute Gasteiger partial charge is 0.133 e. The number of benzene rings is 1. The summed E-state index contributed by atoms with van der Waals surface area (Å²) in [6.45, 7) is 3.87. The summed E-state index contributed by atoms with van der Waals surface area (Å²) >= 11 is 0. The summed E-state index contributed by atoms with van der Waals surface area (Å²) in [5.41, 5.74) is -0.0558. The summed E-state index contributed by atoms with van der Waals surface area (Å²) in [5.74, 6) is -2.15. The first-order valence-electron chi connectivity index (χ1n) is 7.07. The van der Waals surface area contributed by atoms with E-state index in [1.807, 2.05) is 6.92 Å². The van der Waals surface area contributed by atoms with Crippen molar-refractivity contribution in [2.24, 2.45) is 5.92 Å². The number of rotatable bonds is 5. The van der Waals surface area contributed by atoms with Crippen molar-refractivity contribution in [3.05, 3.63) is 35.1 Å². The Morgan fingerprint density at radius 1 is 1.20 bits per heavy atom. The van der Waals surface area contributed by atoms with Crippen molar-refractivity contribution in [3.63, 3.8) is 0 Å². The molecule has 0 radical (unpaired) electrons. The van der Waals surface area contributed by atoms with Crippen LogP contribution in [0.15, 0.2) is 12.1 Å². The number of nitrogens with one attached hydrogen (secondary N) is 1. The second kappa shape index (κ2) is 7.09. The largest absolute Gasteiger partial charge is 0.381 e. The van der Waals surface area contributed by atoms with Crippen LogP contribution in [0.2, 0.25) is 0 Å². The zero-order valence-electron chi connectivity index (χ0n) is 11.6. The van der Waals surface area contributed by atoms with Gasteiger partial charge in [-0.3, -0.25) is 0 Å². The van der Waals surface area contributed by atoms with Crippen LogP contribution in [-0.4, -0.2) is 19.8 Å². The predicted octanol–water partition coefficient (Wildman–Crippen LogP) is 3.57. The molecule has 1 saturated heterocycles. The Bertz CT molecular complexity index is 424. The maximum atomic E-state index is 13.9. The minimum absolute atomic E-state index is 0.0558. The Labute approximate surface area is 117 Å². The summed E-state index contributed by atoms with van der Waals surface area (Å²) in [4.78, 5) is 0. The zero-order chi connectivity index (χ0) is 14.5. The molecule has 1 aromatic carbocycles. The predicted molar refractivity (Wildman–Crippen MR) is 70.9 cm³/mol. The number of ether oxygens (including phenoxy) is 1. The van der Waals surface area contributed by atoms with Crippen molar-refractivity contribution < 1.29 is 17.9 Å². The van der Waals surface area contributed by atoms with Gasteiger partial charge in [0.05, 0.1) is 0 Å². The van der Waals surface area contributed by atoms with Crippen LogP contribution in [0.5, 0.6) is 0 Å². The van der Waals surface area contributed by atoms with Crippen LogP contribution in [0.3, 0.4) is 0 Å². The van der Waals surface area contributed by atoms with E-state index < -0.39 is 23.5 Å². The maximum absolute atomic E-state index is 13.9. The lowest BCUT2D eigenvalue weighted by Crippen LogP contribution is -2.27. The quantitative estimate of drug-likeness (QED) is 0.894. The molecule has 1 fully saturated rings. The maximum Gasteiger partial charge on any atom is 0.133 e. The van der Waals surface area contributed by atoms with Crippen molar-refractivity contribution in [3.8, 4) is 0 Å². The SMILES string of the molecule is CCNC(CC1CCOCC1)c1c(F)cc(F)cc1F. The van der Waals surface area contributed by atoms with E-state index in [1.54, 1.807) is 0 Å². The standard InChI is InChI=1S/C15H20F3NO/c1-2-19-14(7-10-3-5-20-6-4-10)15-12(17)8-11(16)9-13(15)18/h8-10,14,19H,2-7H2,1H3. The lowest BCUT2D eigenvalue weighted by Gasteiger charge is -2.27. The molecule has 0 bridgehead atoms. The van der Waals surface area contributed by atoms with Gasteiger partial charge in [0.1, 0.15) is 17.5 Å². The molecular weight excluding hydrogens is 267 g/mol. The molecule has 0 amide bonds. The molecule has 112 valence electrons. The van der Waals surface area contributed by atoms with E-state index in [2.05, 4.69) is 5.32 Å². The van der Waals surface area contributed by atoms with E-state index in [9.17, 15) is 13.2 Å². The molecule has 0 spiro atoms. The van der Waals surface area contributed by atoms with Crippen LogP contribution in [0.4, 0.5) is 13.2 Å². The van der Waals surface area contributed by atoms with E-state index in [1.165, 1.54) is 0 Å². The van der Waals surface area contributed by atoms with Gasteiger partial charge in [-0.05, 0) is 31.7 Å². The topological polar surface area (TPSA) is 21.3 Å². The molecule has 1 N–H and O–H groups in total. The van der Waals surface area contributed by atoms with E-state index in [-0.39, 0.29) is 5.56 Å². The van der Waals surface area contributed by atoms with Crippen LogP contribution in [0.25, 0.3) is 0 Å². The summed E-state index contributed by atoms with van der Waals surface area (Å²) in [7, 11) is 0. The van der Waals surface area contributed by atoms with Crippen LogP contribution in [-0.2, 0) is 4.74 Å². The van der Waals surface area contributed by atoms with Gasteiger partial charge in [0.25, 0.3) is 0 Å². The van der Waals surface area contributed by atoms with Gasteiger partial charge in [0.2, 0.25) is 0 Å². The molecular formula is C15H20F3NO. The summed E-state index contributed by atoms with van der Waals surface area (Å²) in [6.07, 6.45) is 2.43. The lowest BCUT2D eigenvalue weighted by atomic mass is 9.89. The van der Waals surface area contributed by atoms with Crippen LogP contribution in [0, 0.1) is 23.4 Å². The fourth-order valence-electron chi connectivity index (χ4n) is 2.75. The normalized spacial score (nSPS) is 18.2. The molecule has 0 aromatic heterocycles. The molecule has 20 heavy (non-hydrogen) atoms. The van der Waals surface area contributed by atoms with Gasteiger partial charge in [-0.1, -0.05) is 6.92 Å². The van der Waals surface area contributed by atoms with E-state index in [0.29, 0.717) is 32.1 Å². The molecule has 2 nitrogen and oxygen atoms in total. The van der Waals surface area contributed by atoms with Crippen molar-refractivity contribution in [2.45, 2.75) is 32.2 Å². The second-order valence-corrected chi connectivity index (χ2v) is 5.18. The highest BCUT2D eigenvalue weighted by Gasteiger charge is 2.25. The Balaban J connectivity index is 2.19. The first-order chi connectivity index (χ1) is 9.61. The van der Waals surface area contributed by atoms with Crippen molar-refractivity contribution in [2.75, 3.05) is 19.8 Å². The first-order valence-corrected chi connectivity index (χ1v) is 7.07. The van der Waals surface area contributed by atoms with Crippen molar-refractivity contribution >= 4 is 0 Å². The number of hydrogen-bond acceptors (Lipinski definition) is 2. The molecule has 5 heteroatoms. The molecule has 2 rings (SSSR count). The minimum Gasteiger partial charge on any atom is -0.381 e. The fourth-order valence-corrected chi connectivity index (χ4v) is 2.75. The van der Waals surface area contributed by atoms with Gasteiger partial charge in [0, 0.05) is 37.0 Å². The summed E-state index contributed by atoms with van der Waals surface area (Å²) < 4.78 is 46.1. The molecule has 1 aliphatic heterocycles. The monoisotopic (exact) mass is 287 g/mol. The third-order valence-electron chi connectivity index (χ3n) is 3.75. The van der Waals surface area contributed by atoms with Gasteiger partial charge >= 0.3 is 0 Å².